The molecule has 1 amide bonds. The Morgan fingerprint density at radius 1 is 1.17 bits per heavy atom. The number of hydrogen-bond donors (Lipinski definition) is 1. The van der Waals surface area contributed by atoms with Crippen molar-refractivity contribution in [2.75, 3.05) is 18.4 Å². The average Bonchev–Trinajstić information content (AvgIpc) is 3.23. The lowest BCUT2D eigenvalue weighted by Gasteiger charge is -2.32. The molecule has 3 aliphatic rings. The number of nitrogens with one attached hydrogen (secondary N) is 1. The molecule has 2 aliphatic carbocycles. The van der Waals surface area contributed by atoms with Crippen LogP contribution >= 0.6 is 0 Å². The molecule has 0 spiro atoms. The van der Waals surface area contributed by atoms with Crippen molar-refractivity contribution in [2.45, 2.75) is 64.2 Å². The highest BCUT2D eigenvalue weighted by Crippen LogP contribution is 2.60. The SMILES string of the molecule is Cc1ccc(NC(=O)C23CCC(C2)C(C)(C)C3=O)cc1S(=O)(=O)N1CCCCC1. The number of sulfonamides is 1. The van der Waals surface area contributed by atoms with Crippen LogP contribution < -0.4 is 5.32 Å². The first-order valence-corrected chi connectivity index (χ1v) is 12.0. The number of benzene rings is 1. The Labute approximate surface area is 173 Å². The number of anilines is 1. The van der Waals surface area contributed by atoms with Crippen LogP contribution in [0.4, 0.5) is 5.69 Å². The number of aryl methyl sites for hydroxylation is 1. The number of fused-ring (bicyclic) bond motifs is 2. The first-order valence-electron chi connectivity index (χ1n) is 10.6. The van der Waals surface area contributed by atoms with Gasteiger partial charge in [-0.25, -0.2) is 8.42 Å². The first-order chi connectivity index (χ1) is 13.6. The van der Waals surface area contributed by atoms with Gasteiger partial charge in [0.2, 0.25) is 15.9 Å². The molecule has 2 bridgehead atoms. The zero-order valence-electron chi connectivity index (χ0n) is 17.5. The Bertz CT molecular complexity index is 963. The summed E-state index contributed by atoms with van der Waals surface area (Å²) in [6.45, 7) is 6.71. The summed E-state index contributed by atoms with van der Waals surface area (Å²) >= 11 is 0. The molecule has 6 nitrogen and oxygen atoms in total. The van der Waals surface area contributed by atoms with Crippen LogP contribution in [0.15, 0.2) is 23.1 Å². The van der Waals surface area contributed by atoms with Crippen molar-refractivity contribution in [1.29, 1.82) is 0 Å². The second kappa shape index (κ2) is 6.91. The van der Waals surface area contributed by atoms with Crippen molar-refractivity contribution in [1.82, 2.24) is 4.31 Å². The Morgan fingerprint density at radius 3 is 2.48 bits per heavy atom. The van der Waals surface area contributed by atoms with Crippen LogP contribution in [0.25, 0.3) is 0 Å². The predicted molar refractivity (Wildman–Crippen MR) is 111 cm³/mol. The van der Waals surface area contributed by atoms with Gasteiger partial charge in [0.25, 0.3) is 0 Å². The second-order valence-electron chi connectivity index (χ2n) is 9.47. The molecule has 29 heavy (non-hydrogen) atoms. The molecule has 2 saturated carbocycles. The van der Waals surface area contributed by atoms with Gasteiger partial charge in [0, 0.05) is 24.2 Å². The Hall–Kier alpha value is -1.73. The van der Waals surface area contributed by atoms with E-state index in [4.69, 9.17) is 0 Å². The van der Waals surface area contributed by atoms with E-state index in [0.717, 1.165) is 25.7 Å². The summed E-state index contributed by atoms with van der Waals surface area (Å²) in [7, 11) is -3.60. The summed E-state index contributed by atoms with van der Waals surface area (Å²) in [5.74, 6) is -0.0263. The molecule has 1 saturated heterocycles. The van der Waals surface area contributed by atoms with E-state index in [1.165, 1.54) is 4.31 Å². The topological polar surface area (TPSA) is 83.5 Å². The number of amides is 1. The zero-order valence-corrected chi connectivity index (χ0v) is 18.3. The van der Waals surface area contributed by atoms with Crippen LogP contribution in [0.1, 0.15) is 57.9 Å². The van der Waals surface area contributed by atoms with E-state index in [-0.39, 0.29) is 22.5 Å². The molecule has 0 radical (unpaired) electrons. The van der Waals surface area contributed by atoms with Crippen LogP contribution in [0, 0.1) is 23.7 Å². The smallest absolute Gasteiger partial charge is 0.243 e. The molecule has 1 aromatic carbocycles. The van der Waals surface area contributed by atoms with E-state index in [1.54, 1.807) is 25.1 Å². The monoisotopic (exact) mass is 418 g/mol. The largest absolute Gasteiger partial charge is 0.325 e. The van der Waals surface area contributed by atoms with E-state index in [9.17, 15) is 18.0 Å². The van der Waals surface area contributed by atoms with Crippen LogP contribution in [0.2, 0.25) is 0 Å². The lowest BCUT2D eigenvalue weighted by atomic mass is 9.70. The van der Waals surface area contributed by atoms with Gasteiger partial charge in [-0.1, -0.05) is 26.3 Å². The Morgan fingerprint density at radius 2 is 1.86 bits per heavy atom. The van der Waals surface area contributed by atoms with E-state index < -0.39 is 20.9 Å². The van der Waals surface area contributed by atoms with Gasteiger partial charge in [-0.2, -0.15) is 4.31 Å². The molecule has 2 unspecified atom stereocenters. The highest BCUT2D eigenvalue weighted by atomic mass is 32.2. The molecule has 1 N–H and O–H groups in total. The summed E-state index contributed by atoms with van der Waals surface area (Å²) in [4.78, 5) is 26.3. The molecule has 158 valence electrons. The lowest BCUT2D eigenvalue weighted by Crippen LogP contribution is -2.44. The maximum atomic E-state index is 13.1. The van der Waals surface area contributed by atoms with Crippen molar-refractivity contribution >= 4 is 27.4 Å². The molecule has 3 fully saturated rings. The van der Waals surface area contributed by atoms with Gasteiger partial charge in [-0.15, -0.1) is 0 Å². The zero-order chi connectivity index (χ0) is 21.0. The number of hydrogen-bond acceptors (Lipinski definition) is 4. The van der Waals surface area contributed by atoms with Gasteiger partial charge >= 0.3 is 0 Å². The van der Waals surface area contributed by atoms with Crippen molar-refractivity contribution in [3.8, 4) is 0 Å². The fourth-order valence-electron chi connectivity index (χ4n) is 5.43. The predicted octanol–water partition coefficient (Wildman–Crippen LogP) is 3.50. The second-order valence-corrected chi connectivity index (χ2v) is 11.4. The van der Waals surface area contributed by atoms with E-state index in [0.29, 0.717) is 37.2 Å². The molecule has 1 heterocycles. The van der Waals surface area contributed by atoms with E-state index in [1.807, 2.05) is 13.8 Å². The number of rotatable bonds is 4. The van der Waals surface area contributed by atoms with Crippen LogP contribution in [-0.2, 0) is 19.6 Å². The third kappa shape index (κ3) is 3.13. The molecule has 0 aromatic heterocycles. The maximum absolute atomic E-state index is 13.1. The van der Waals surface area contributed by atoms with Gasteiger partial charge in [0.1, 0.15) is 5.41 Å². The number of carbonyl (C=O) groups excluding carboxylic acids is 2. The number of piperidine rings is 1. The standard InChI is InChI=1S/C22H30N2O4S/c1-15-7-8-17(13-18(15)29(27,28)24-11-5-4-6-12-24)23-20(26)22-10-9-16(14-22)21(2,3)19(22)25/h7-8,13,16H,4-6,9-12,14H2,1-3H3,(H,23,26). The van der Waals surface area contributed by atoms with Crippen molar-refractivity contribution in [3.05, 3.63) is 23.8 Å². The molecule has 1 aliphatic heterocycles. The third-order valence-electron chi connectivity index (χ3n) is 7.37. The number of carbonyl (C=O) groups is 2. The number of nitrogens with zero attached hydrogens (tertiary/aromatic N) is 1. The lowest BCUT2D eigenvalue weighted by molar-refractivity contribution is -0.142. The summed E-state index contributed by atoms with van der Waals surface area (Å²) in [5.41, 5.74) is -0.339. The molecule has 4 rings (SSSR count). The fraction of sp³-hybridized carbons (Fsp3) is 0.636. The summed E-state index contributed by atoms with van der Waals surface area (Å²) < 4.78 is 27.8. The maximum Gasteiger partial charge on any atom is 0.243 e. The van der Waals surface area contributed by atoms with Gasteiger partial charge < -0.3 is 5.32 Å². The summed E-state index contributed by atoms with van der Waals surface area (Å²) in [6.07, 6.45) is 4.85. The third-order valence-corrected chi connectivity index (χ3v) is 9.41. The average molecular weight is 419 g/mol. The first kappa shape index (κ1) is 20.5. The molecular weight excluding hydrogens is 388 g/mol. The molecule has 2 atom stereocenters. The van der Waals surface area contributed by atoms with Crippen LogP contribution in [0.3, 0.4) is 0 Å². The Balaban J connectivity index is 1.60. The minimum Gasteiger partial charge on any atom is -0.325 e. The van der Waals surface area contributed by atoms with Crippen molar-refractivity contribution in [2.24, 2.45) is 16.7 Å². The minimum absolute atomic E-state index is 0.0204. The molecule has 7 heteroatoms. The van der Waals surface area contributed by atoms with Crippen molar-refractivity contribution < 1.29 is 18.0 Å². The van der Waals surface area contributed by atoms with E-state index in [2.05, 4.69) is 5.32 Å². The number of ketones is 1. The molecule has 1 aromatic rings. The quantitative estimate of drug-likeness (QED) is 0.759. The summed E-state index contributed by atoms with van der Waals surface area (Å²) in [5, 5.41) is 2.87. The van der Waals surface area contributed by atoms with E-state index >= 15 is 0 Å². The van der Waals surface area contributed by atoms with Gasteiger partial charge in [-0.3, -0.25) is 9.59 Å². The van der Waals surface area contributed by atoms with Gasteiger partial charge in [-0.05, 0) is 62.6 Å². The number of Topliss-reactive ketones (excluding diaryl/α,β-unsaturated/α-hetero) is 1. The van der Waals surface area contributed by atoms with Gasteiger partial charge in [0.05, 0.1) is 4.90 Å². The van der Waals surface area contributed by atoms with Crippen LogP contribution in [-0.4, -0.2) is 37.5 Å². The summed E-state index contributed by atoms with van der Waals surface area (Å²) in [6, 6.07) is 4.99. The highest BCUT2D eigenvalue weighted by molar-refractivity contribution is 7.89. The minimum atomic E-state index is -3.60. The van der Waals surface area contributed by atoms with Gasteiger partial charge in [0.15, 0.2) is 5.78 Å². The highest BCUT2D eigenvalue weighted by Gasteiger charge is 2.65. The molecular formula is C22H30N2O4S. The Kier molecular flexibility index (Phi) is 4.89. The fourth-order valence-corrected chi connectivity index (χ4v) is 7.20. The van der Waals surface area contributed by atoms with Crippen LogP contribution in [0.5, 0.6) is 0 Å². The van der Waals surface area contributed by atoms with Crippen molar-refractivity contribution in [3.63, 3.8) is 0 Å². The normalized spacial score (nSPS) is 29.2.